The number of pyridine rings is 1. The smallest absolute Gasteiger partial charge is 0.410 e. The van der Waals surface area contributed by atoms with E-state index in [1.165, 1.54) is 0 Å². The van der Waals surface area contributed by atoms with Gasteiger partial charge in [0, 0.05) is 37.6 Å². The van der Waals surface area contributed by atoms with E-state index in [0.717, 1.165) is 11.9 Å². The third kappa shape index (κ3) is 2.07. The Labute approximate surface area is 133 Å². The molecule has 0 N–H and O–H groups in total. The summed E-state index contributed by atoms with van der Waals surface area (Å²) >= 11 is 0. The summed E-state index contributed by atoms with van der Waals surface area (Å²) in [6.45, 7) is 3.95. The number of carbonyl (C=O) groups excluding carboxylic acids is 2. The van der Waals surface area contributed by atoms with Gasteiger partial charge in [-0.25, -0.2) is 9.31 Å². The minimum atomic E-state index is -0.383. The number of hydrogen-bond donors (Lipinski definition) is 0. The molecule has 2 aromatic heterocycles. The molecule has 1 unspecified atom stereocenters. The first-order chi connectivity index (χ1) is 11.1. The molecule has 4 heterocycles. The molecule has 2 amide bonds. The van der Waals surface area contributed by atoms with Crippen molar-refractivity contribution in [3.63, 3.8) is 0 Å². The fourth-order valence-corrected chi connectivity index (χ4v) is 3.48. The molecule has 120 valence electrons. The summed E-state index contributed by atoms with van der Waals surface area (Å²) < 4.78 is 6.94. The van der Waals surface area contributed by atoms with Crippen LogP contribution in [0.25, 0.3) is 5.52 Å². The van der Waals surface area contributed by atoms with E-state index in [1.54, 1.807) is 27.9 Å². The van der Waals surface area contributed by atoms with Gasteiger partial charge in [-0.15, -0.1) is 0 Å². The van der Waals surface area contributed by atoms with Crippen LogP contribution in [0.1, 0.15) is 23.7 Å². The lowest BCUT2D eigenvalue weighted by Gasteiger charge is -2.44. The zero-order valence-electron chi connectivity index (χ0n) is 12.9. The highest BCUT2D eigenvalue weighted by Gasteiger charge is 2.50. The van der Waals surface area contributed by atoms with Gasteiger partial charge in [0.2, 0.25) is 0 Å². The van der Waals surface area contributed by atoms with Crippen LogP contribution in [-0.4, -0.2) is 63.2 Å². The van der Waals surface area contributed by atoms with E-state index in [1.807, 2.05) is 24.0 Å². The molecule has 2 fully saturated rings. The molecule has 2 aliphatic rings. The van der Waals surface area contributed by atoms with Crippen LogP contribution in [0.5, 0.6) is 0 Å². The molecule has 4 rings (SSSR count). The van der Waals surface area contributed by atoms with E-state index < -0.39 is 0 Å². The molecule has 0 aromatic carbocycles. The van der Waals surface area contributed by atoms with E-state index in [2.05, 4.69) is 5.10 Å². The standard InChI is InChI=1S/C16H18N4O3/c1-2-16-10-18(7-8-19(16)15(22)23-11-16)14(21)12-4-6-20-13(9-12)3-5-17-20/h3-6,9H,2,7-8,10-11H2,1H3. The van der Waals surface area contributed by atoms with Gasteiger partial charge in [0.1, 0.15) is 6.61 Å². The Hall–Kier alpha value is -2.57. The minimum absolute atomic E-state index is 0.0134. The Balaban J connectivity index is 1.60. The van der Waals surface area contributed by atoms with Gasteiger partial charge in [0.15, 0.2) is 0 Å². The highest BCUT2D eigenvalue weighted by Crippen LogP contribution is 2.32. The predicted octanol–water partition coefficient (Wildman–Crippen LogP) is 1.39. The SMILES string of the molecule is CCC12COC(=O)N1CCN(C(=O)c1ccn3nccc3c1)C2. The number of carbonyl (C=O) groups is 2. The number of piperazine rings is 1. The second kappa shape index (κ2) is 4.97. The Morgan fingerprint density at radius 2 is 2.26 bits per heavy atom. The maximum atomic E-state index is 12.8. The summed E-state index contributed by atoms with van der Waals surface area (Å²) in [5.74, 6) is -0.0134. The second-order valence-electron chi connectivity index (χ2n) is 6.13. The Morgan fingerprint density at radius 1 is 1.39 bits per heavy atom. The normalized spacial score (nSPS) is 24.0. The fourth-order valence-electron chi connectivity index (χ4n) is 3.48. The lowest BCUT2D eigenvalue weighted by molar-refractivity contribution is 0.0362. The van der Waals surface area contributed by atoms with Crippen LogP contribution < -0.4 is 0 Å². The summed E-state index contributed by atoms with van der Waals surface area (Å²) in [5, 5.41) is 4.14. The number of hydrogen-bond acceptors (Lipinski definition) is 4. The summed E-state index contributed by atoms with van der Waals surface area (Å²) in [6, 6.07) is 5.49. The number of nitrogens with zero attached hydrogens (tertiary/aromatic N) is 4. The zero-order valence-corrected chi connectivity index (χ0v) is 12.9. The van der Waals surface area contributed by atoms with Gasteiger partial charge in [0.25, 0.3) is 5.91 Å². The molecule has 0 radical (unpaired) electrons. The maximum absolute atomic E-state index is 12.8. The van der Waals surface area contributed by atoms with Gasteiger partial charge in [-0.3, -0.25) is 9.69 Å². The number of ether oxygens (including phenoxy) is 1. The van der Waals surface area contributed by atoms with Crippen molar-refractivity contribution in [2.24, 2.45) is 0 Å². The average molecular weight is 314 g/mol. The summed E-state index contributed by atoms with van der Waals surface area (Å²) in [6.07, 6.45) is 4.00. The Morgan fingerprint density at radius 3 is 3.09 bits per heavy atom. The van der Waals surface area contributed by atoms with Gasteiger partial charge in [-0.1, -0.05) is 6.92 Å². The number of rotatable bonds is 2. The highest BCUT2D eigenvalue weighted by atomic mass is 16.6. The third-order valence-corrected chi connectivity index (χ3v) is 4.93. The van der Waals surface area contributed by atoms with E-state index in [9.17, 15) is 9.59 Å². The predicted molar refractivity (Wildman–Crippen MR) is 82.2 cm³/mol. The van der Waals surface area contributed by atoms with Gasteiger partial charge in [-0.05, 0) is 24.6 Å². The van der Waals surface area contributed by atoms with Crippen LogP contribution in [0.15, 0.2) is 30.6 Å². The third-order valence-electron chi connectivity index (χ3n) is 4.93. The molecular weight excluding hydrogens is 296 g/mol. The van der Waals surface area contributed by atoms with Crippen LogP contribution in [0.2, 0.25) is 0 Å². The molecule has 2 aromatic rings. The van der Waals surface area contributed by atoms with E-state index in [-0.39, 0.29) is 17.5 Å². The number of amides is 2. The van der Waals surface area contributed by atoms with Crippen molar-refractivity contribution >= 4 is 17.5 Å². The summed E-state index contributed by atoms with van der Waals surface area (Å²) in [5.41, 5.74) is 1.15. The average Bonchev–Trinajstić information content (AvgIpc) is 3.18. The first-order valence-corrected chi connectivity index (χ1v) is 7.80. The lowest BCUT2D eigenvalue weighted by atomic mass is 9.92. The van der Waals surface area contributed by atoms with Crippen molar-refractivity contribution in [1.29, 1.82) is 0 Å². The molecule has 7 heteroatoms. The number of fused-ring (bicyclic) bond motifs is 2. The first kappa shape index (κ1) is 14.0. The first-order valence-electron chi connectivity index (χ1n) is 7.80. The molecule has 0 aliphatic carbocycles. The Bertz CT molecular complexity index is 786. The maximum Gasteiger partial charge on any atom is 0.410 e. The highest BCUT2D eigenvalue weighted by molar-refractivity contribution is 5.95. The van der Waals surface area contributed by atoms with E-state index >= 15 is 0 Å². The van der Waals surface area contributed by atoms with Gasteiger partial charge >= 0.3 is 6.09 Å². The molecule has 2 aliphatic heterocycles. The number of aromatic nitrogens is 2. The zero-order chi connectivity index (χ0) is 16.0. The largest absolute Gasteiger partial charge is 0.447 e. The van der Waals surface area contributed by atoms with Crippen LogP contribution in [0.4, 0.5) is 4.79 Å². The van der Waals surface area contributed by atoms with Gasteiger partial charge in [0.05, 0.1) is 11.1 Å². The molecule has 2 saturated heterocycles. The van der Waals surface area contributed by atoms with Crippen molar-refractivity contribution in [3.8, 4) is 0 Å². The molecular formula is C16H18N4O3. The molecule has 7 nitrogen and oxygen atoms in total. The van der Waals surface area contributed by atoms with Crippen molar-refractivity contribution in [2.45, 2.75) is 18.9 Å². The monoisotopic (exact) mass is 314 g/mol. The van der Waals surface area contributed by atoms with Crippen LogP contribution in [0.3, 0.4) is 0 Å². The fraction of sp³-hybridized carbons (Fsp3) is 0.438. The molecule has 23 heavy (non-hydrogen) atoms. The van der Waals surface area contributed by atoms with Crippen LogP contribution in [-0.2, 0) is 4.74 Å². The van der Waals surface area contributed by atoms with Crippen LogP contribution >= 0.6 is 0 Å². The quantitative estimate of drug-likeness (QED) is 0.840. The molecule has 0 spiro atoms. The summed E-state index contributed by atoms with van der Waals surface area (Å²) in [7, 11) is 0. The van der Waals surface area contributed by atoms with Gasteiger partial charge < -0.3 is 9.64 Å². The van der Waals surface area contributed by atoms with Crippen molar-refractivity contribution in [1.82, 2.24) is 19.4 Å². The lowest BCUT2D eigenvalue weighted by Crippen LogP contribution is -2.62. The number of cyclic esters (lactones) is 1. The Kier molecular flexibility index (Phi) is 3.04. The topological polar surface area (TPSA) is 67.2 Å². The second-order valence-corrected chi connectivity index (χ2v) is 6.13. The molecule has 0 saturated carbocycles. The van der Waals surface area contributed by atoms with E-state index in [4.69, 9.17) is 4.74 Å². The molecule has 0 bridgehead atoms. The van der Waals surface area contributed by atoms with Crippen molar-refractivity contribution in [2.75, 3.05) is 26.2 Å². The van der Waals surface area contributed by atoms with Gasteiger partial charge in [-0.2, -0.15) is 5.10 Å². The minimum Gasteiger partial charge on any atom is -0.447 e. The summed E-state index contributed by atoms with van der Waals surface area (Å²) in [4.78, 5) is 28.3. The van der Waals surface area contributed by atoms with Crippen LogP contribution in [0, 0.1) is 0 Å². The van der Waals surface area contributed by atoms with E-state index in [0.29, 0.717) is 31.8 Å². The molecule has 1 atom stereocenters. The van der Waals surface area contributed by atoms with Crippen molar-refractivity contribution < 1.29 is 14.3 Å². The van der Waals surface area contributed by atoms with Crippen molar-refractivity contribution in [3.05, 3.63) is 36.2 Å².